The van der Waals surface area contributed by atoms with Crippen molar-refractivity contribution in [3.05, 3.63) is 42.0 Å². The number of aliphatic hydroxyl groups excluding tert-OH is 1. The maximum absolute atomic E-state index is 14.4. The van der Waals surface area contributed by atoms with Gasteiger partial charge < -0.3 is 19.6 Å². The van der Waals surface area contributed by atoms with Gasteiger partial charge in [-0.05, 0) is 50.8 Å². The lowest BCUT2D eigenvalue weighted by molar-refractivity contribution is -0.153. The summed E-state index contributed by atoms with van der Waals surface area (Å²) in [4.78, 5) is 44.7. The first-order valence-corrected chi connectivity index (χ1v) is 13.9. The van der Waals surface area contributed by atoms with Crippen molar-refractivity contribution in [3.63, 3.8) is 0 Å². The van der Waals surface area contributed by atoms with E-state index in [1.807, 2.05) is 32.0 Å². The smallest absolute Gasteiger partial charge is 0.310 e. The number of likely N-dealkylation sites (tertiary alicyclic amines) is 1. The first-order valence-electron chi connectivity index (χ1n) is 12.1. The minimum Gasteiger partial charge on any atom is -0.466 e. The van der Waals surface area contributed by atoms with Crippen molar-refractivity contribution in [1.82, 2.24) is 4.90 Å². The third-order valence-electron chi connectivity index (χ3n) is 7.37. The molecule has 3 aliphatic rings. The zero-order chi connectivity index (χ0) is 25.5. The van der Waals surface area contributed by atoms with Gasteiger partial charge in [0.25, 0.3) is 5.91 Å². The molecule has 0 aromatic heterocycles. The van der Waals surface area contributed by atoms with Crippen molar-refractivity contribution in [2.45, 2.75) is 54.5 Å². The van der Waals surface area contributed by atoms with Gasteiger partial charge in [-0.25, -0.2) is 0 Å². The Morgan fingerprint density at radius 3 is 2.80 bits per heavy atom. The highest BCUT2D eigenvalue weighted by molar-refractivity contribution is 9.09. The van der Waals surface area contributed by atoms with Gasteiger partial charge in [0.05, 0.1) is 23.2 Å². The number of aryl methyl sites for hydroxylation is 2. The molecule has 35 heavy (non-hydrogen) atoms. The summed E-state index contributed by atoms with van der Waals surface area (Å²) in [6.07, 6.45) is 2.66. The first kappa shape index (κ1) is 26.2. The molecular weight excluding hydrogens is 532 g/mol. The summed E-state index contributed by atoms with van der Waals surface area (Å²) in [7, 11) is 0. The van der Waals surface area contributed by atoms with Crippen LogP contribution < -0.4 is 4.90 Å². The summed E-state index contributed by atoms with van der Waals surface area (Å²) >= 11 is 5.34. The number of ether oxygens (including phenoxy) is 1. The number of amides is 2. The standard InChI is InChI=1S/C26H33BrN2O5S/c1-5-10-28(18-13-15(3)8-9-16(18)4)24(32)22-26-14-17(27)21(35-26)19(25(33)34-6-2)20(26)23(31)29(22)11-7-12-30/h5,8-9,13,17,19-22,30H,1,6-7,10-12,14H2,2-4H3/t17?,19-,20+,21-,22?,26?/m1/s1. The van der Waals surface area contributed by atoms with Gasteiger partial charge in [-0.1, -0.05) is 34.1 Å². The zero-order valence-corrected chi connectivity index (χ0v) is 22.8. The van der Waals surface area contributed by atoms with Gasteiger partial charge in [0, 0.05) is 35.5 Å². The molecular formula is C26H33BrN2O5S. The number of alkyl halides is 1. The zero-order valence-electron chi connectivity index (χ0n) is 20.4. The van der Waals surface area contributed by atoms with Crippen LogP contribution in [0.5, 0.6) is 0 Å². The van der Waals surface area contributed by atoms with Crippen LogP contribution >= 0.6 is 27.7 Å². The molecule has 6 atom stereocenters. The molecule has 1 aromatic rings. The molecule has 3 saturated heterocycles. The van der Waals surface area contributed by atoms with Gasteiger partial charge in [0.2, 0.25) is 5.91 Å². The van der Waals surface area contributed by atoms with Gasteiger partial charge in [0.15, 0.2) is 0 Å². The summed E-state index contributed by atoms with van der Waals surface area (Å²) < 4.78 is 4.64. The highest BCUT2D eigenvalue weighted by atomic mass is 79.9. The van der Waals surface area contributed by atoms with Crippen LogP contribution in [0.1, 0.15) is 30.9 Å². The van der Waals surface area contributed by atoms with Gasteiger partial charge in [-0.3, -0.25) is 14.4 Å². The average molecular weight is 566 g/mol. The Balaban J connectivity index is 1.81. The lowest BCUT2D eigenvalue weighted by atomic mass is 9.71. The fourth-order valence-electron chi connectivity index (χ4n) is 5.99. The molecule has 0 aliphatic carbocycles. The van der Waals surface area contributed by atoms with E-state index in [1.54, 1.807) is 34.6 Å². The van der Waals surface area contributed by atoms with E-state index in [0.717, 1.165) is 16.8 Å². The summed E-state index contributed by atoms with van der Waals surface area (Å²) in [5.74, 6) is -1.97. The molecule has 3 fully saturated rings. The number of halogens is 1. The Kier molecular flexibility index (Phi) is 7.69. The molecule has 7 nitrogen and oxygen atoms in total. The number of thioether (sulfide) groups is 1. The van der Waals surface area contributed by atoms with E-state index in [0.29, 0.717) is 19.4 Å². The predicted octanol–water partition coefficient (Wildman–Crippen LogP) is 3.23. The molecule has 0 saturated carbocycles. The van der Waals surface area contributed by atoms with Gasteiger partial charge in [-0.15, -0.1) is 18.3 Å². The minimum atomic E-state index is -0.749. The molecule has 2 amide bonds. The summed E-state index contributed by atoms with van der Waals surface area (Å²) in [5.41, 5.74) is 2.78. The van der Waals surface area contributed by atoms with Crippen LogP contribution in [0.4, 0.5) is 5.69 Å². The highest BCUT2D eigenvalue weighted by Crippen LogP contribution is 2.68. The molecule has 3 aliphatic heterocycles. The summed E-state index contributed by atoms with van der Waals surface area (Å²) in [5, 5.41) is 9.39. The maximum atomic E-state index is 14.4. The molecule has 2 bridgehead atoms. The average Bonchev–Trinajstić information content (AvgIpc) is 3.41. The fourth-order valence-corrected chi connectivity index (χ4v) is 9.59. The maximum Gasteiger partial charge on any atom is 0.310 e. The van der Waals surface area contributed by atoms with Crippen LogP contribution in [0.2, 0.25) is 0 Å². The Morgan fingerprint density at radius 1 is 1.40 bits per heavy atom. The van der Waals surface area contributed by atoms with E-state index < -0.39 is 22.6 Å². The van der Waals surface area contributed by atoms with E-state index in [4.69, 9.17) is 4.74 Å². The van der Waals surface area contributed by atoms with Crippen LogP contribution in [0.25, 0.3) is 0 Å². The Morgan fingerprint density at radius 2 is 2.14 bits per heavy atom. The van der Waals surface area contributed by atoms with E-state index in [2.05, 4.69) is 22.5 Å². The SMILES string of the molecule is C=CCN(C(=O)C1N(CCCO)C(=O)[C@@H]2[C@@H](C(=O)OCC)[C@@H]3SC12CC3Br)c1cc(C)ccc1C. The number of anilines is 1. The van der Waals surface area contributed by atoms with Crippen molar-refractivity contribution in [2.24, 2.45) is 11.8 Å². The molecule has 3 heterocycles. The third kappa shape index (κ3) is 4.23. The second-order valence-corrected chi connectivity index (χ2v) is 12.3. The first-order chi connectivity index (χ1) is 16.7. The van der Waals surface area contributed by atoms with Crippen LogP contribution in [0, 0.1) is 25.7 Å². The molecule has 190 valence electrons. The number of esters is 1. The number of nitrogens with zero attached hydrogens (tertiary/aromatic N) is 2. The highest BCUT2D eigenvalue weighted by Gasteiger charge is 2.76. The van der Waals surface area contributed by atoms with Crippen molar-refractivity contribution in [3.8, 4) is 0 Å². The minimum absolute atomic E-state index is 0.00684. The Labute approximate surface area is 219 Å². The van der Waals surface area contributed by atoms with Gasteiger partial charge in [0.1, 0.15) is 6.04 Å². The lowest BCUT2D eigenvalue weighted by Crippen LogP contribution is -2.55. The van der Waals surface area contributed by atoms with E-state index >= 15 is 0 Å². The molecule has 0 radical (unpaired) electrons. The quantitative estimate of drug-likeness (QED) is 0.281. The van der Waals surface area contributed by atoms with Crippen LogP contribution in [0.3, 0.4) is 0 Å². The lowest BCUT2D eigenvalue weighted by Gasteiger charge is -2.38. The summed E-state index contributed by atoms with van der Waals surface area (Å²) in [6, 6.07) is 5.22. The van der Waals surface area contributed by atoms with Crippen molar-refractivity contribution in [1.29, 1.82) is 0 Å². The largest absolute Gasteiger partial charge is 0.466 e. The third-order valence-corrected chi connectivity index (χ3v) is 10.6. The van der Waals surface area contributed by atoms with Crippen LogP contribution in [0.15, 0.2) is 30.9 Å². The van der Waals surface area contributed by atoms with Crippen molar-refractivity contribution < 1.29 is 24.2 Å². The number of benzene rings is 1. The number of hydrogen-bond acceptors (Lipinski definition) is 6. The molecule has 1 aromatic carbocycles. The number of carbonyl (C=O) groups excluding carboxylic acids is 3. The topological polar surface area (TPSA) is 87.2 Å². The molecule has 1 spiro atoms. The van der Waals surface area contributed by atoms with E-state index in [9.17, 15) is 19.5 Å². The second kappa shape index (κ2) is 10.3. The molecule has 4 rings (SSSR count). The van der Waals surface area contributed by atoms with Crippen LogP contribution in [-0.4, -0.2) is 75.0 Å². The second-order valence-electron chi connectivity index (χ2n) is 9.55. The Hall–Kier alpha value is -1.84. The Bertz CT molecular complexity index is 1030. The summed E-state index contributed by atoms with van der Waals surface area (Å²) in [6.45, 7) is 10.3. The number of rotatable bonds is 9. The normalized spacial score (nSPS) is 30.9. The van der Waals surface area contributed by atoms with Crippen molar-refractivity contribution in [2.75, 3.05) is 31.2 Å². The molecule has 1 N–H and O–H groups in total. The fraction of sp³-hybridized carbons (Fsp3) is 0.577. The van der Waals surface area contributed by atoms with Crippen LogP contribution in [-0.2, 0) is 19.1 Å². The number of aliphatic hydroxyl groups is 1. The molecule has 3 unspecified atom stereocenters. The molecule has 9 heteroatoms. The predicted molar refractivity (Wildman–Crippen MR) is 141 cm³/mol. The van der Waals surface area contributed by atoms with Gasteiger partial charge in [-0.2, -0.15) is 0 Å². The monoisotopic (exact) mass is 564 g/mol. The number of fused-ring (bicyclic) bond motifs is 1. The number of carbonyl (C=O) groups is 3. The number of hydrogen-bond donors (Lipinski definition) is 1. The van der Waals surface area contributed by atoms with E-state index in [-0.39, 0.29) is 47.6 Å². The van der Waals surface area contributed by atoms with Crippen molar-refractivity contribution >= 4 is 51.2 Å². The van der Waals surface area contributed by atoms with Gasteiger partial charge >= 0.3 is 5.97 Å². The van der Waals surface area contributed by atoms with E-state index in [1.165, 1.54) is 0 Å².